The van der Waals surface area contributed by atoms with Gasteiger partial charge in [-0.2, -0.15) is 0 Å². The molecule has 1 saturated heterocycles. The van der Waals surface area contributed by atoms with Gasteiger partial charge in [0.2, 0.25) is 0 Å². The van der Waals surface area contributed by atoms with E-state index in [1.54, 1.807) is 50.3 Å². The van der Waals surface area contributed by atoms with Gasteiger partial charge < -0.3 is 24.1 Å². The molecule has 216 valence electrons. The van der Waals surface area contributed by atoms with E-state index in [-0.39, 0.29) is 17.6 Å². The molecule has 40 heavy (non-hydrogen) atoms. The van der Waals surface area contributed by atoms with Crippen molar-refractivity contribution in [1.29, 1.82) is 0 Å². The summed E-state index contributed by atoms with van der Waals surface area (Å²) in [4.78, 5) is 51.8. The largest absolute Gasteiger partial charge is 0.461 e. The zero-order valence-corrected chi connectivity index (χ0v) is 24.0. The number of carbonyl (C=O) groups is 4. The molecule has 0 unspecified atom stereocenters. The van der Waals surface area contributed by atoms with Crippen molar-refractivity contribution in [2.24, 2.45) is 29.1 Å². The van der Waals surface area contributed by atoms with E-state index in [0.717, 1.165) is 0 Å². The number of hydrogen-bond acceptors (Lipinski definition) is 9. The average molecular weight is 555 g/mol. The predicted molar refractivity (Wildman–Crippen MR) is 142 cm³/mol. The third-order valence-electron chi connectivity index (χ3n) is 9.56. The topological polar surface area (TPSA) is 129 Å². The first-order valence-electron chi connectivity index (χ1n) is 13.9. The van der Waals surface area contributed by atoms with Crippen LogP contribution >= 0.6 is 0 Å². The first-order valence-corrected chi connectivity index (χ1v) is 13.9. The molecule has 3 aliphatic carbocycles. The Balaban J connectivity index is 1.63. The molecule has 0 amide bonds. The summed E-state index contributed by atoms with van der Waals surface area (Å²) in [5, 5.41) is 11.8. The standard InChI is InChI=1S/C31H38O9/c1-15-13-31-27(38-19(5)33)16(2)14-30(31,40-31)26(35)17(3)24(37-18(4)32)21-22(29(21,6)7)25(23(15)34)39-28(36)20-11-9-8-10-12-20/h8-13,16-17,21-25,27,34H,14H2,1-7H3/t16-,17+,21-,22+,23+,24-,25+,27-,30-,31-/m0/s1. The molecule has 0 aromatic heterocycles. The second kappa shape index (κ2) is 9.52. The number of Topliss-reactive ketones (excluding diaryl/α,β-unsaturated/α-hetero) is 1. The van der Waals surface area contributed by atoms with Crippen molar-refractivity contribution in [3.63, 3.8) is 0 Å². The molecule has 1 aromatic rings. The van der Waals surface area contributed by atoms with Gasteiger partial charge in [0, 0.05) is 25.7 Å². The van der Waals surface area contributed by atoms with E-state index in [4.69, 9.17) is 18.9 Å². The minimum absolute atomic E-state index is 0.207. The van der Waals surface area contributed by atoms with Gasteiger partial charge in [-0.25, -0.2) is 4.79 Å². The number of hydrogen-bond donors (Lipinski definition) is 1. The quantitative estimate of drug-likeness (QED) is 0.258. The molecule has 2 saturated carbocycles. The van der Waals surface area contributed by atoms with E-state index < -0.39 is 70.8 Å². The number of epoxide rings is 1. The third-order valence-corrected chi connectivity index (χ3v) is 9.56. The minimum atomic E-state index is -1.29. The summed E-state index contributed by atoms with van der Waals surface area (Å²) < 4.78 is 23.8. The zero-order valence-electron chi connectivity index (χ0n) is 24.0. The summed E-state index contributed by atoms with van der Waals surface area (Å²) >= 11 is 0. The summed E-state index contributed by atoms with van der Waals surface area (Å²) in [6.07, 6.45) is -1.86. The fourth-order valence-electron chi connectivity index (χ4n) is 7.64. The number of esters is 3. The molecule has 1 heterocycles. The highest BCUT2D eigenvalue weighted by molar-refractivity contribution is 5.96. The molecule has 5 rings (SSSR count). The van der Waals surface area contributed by atoms with E-state index >= 15 is 0 Å². The van der Waals surface area contributed by atoms with Crippen LogP contribution in [0.2, 0.25) is 0 Å². The summed E-state index contributed by atoms with van der Waals surface area (Å²) in [5.74, 6) is -3.63. The number of carbonyl (C=O) groups excluding carboxylic acids is 4. The number of aliphatic hydroxyl groups excluding tert-OH is 1. The Kier molecular flexibility index (Phi) is 6.78. The molecule has 9 heteroatoms. The van der Waals surface area contributed by atoms with Crippen LogP contribution in [0.1, 0.15) is 65.2 Å². The molecule has 10 atom stereocenters. The average Bonchev–Trinajstić information content (AvgIpc) is 3.68. The van der Waals surface area contributed by atoms with Gasteiger partial charge in [-0.05, 0) is 48.5 Å². The Morgan fingerprint density at radius 2 is 1.55 bits per heavy atom. The van der Waals surface area contributed by atoms with Crippen molar-refractivity contribution >= 4 is 23.7 Å². The van der Waals surface area contributed by atoms with Crippen LogP contribution in [0.3, 0.4) is 0 Å². The molecular formula is C31H38O9. The van der Waals surface area contributed by atoms with Crippen LogP contribution in [-0.2, 0) is 33.3 Å². The van der Waals surface area contributed by atoms with Gasteiger partial charge in [-0.3, -0.25) is 14.4 Å². The van der Waals surface area contributed by atoms with Crippen molar-refractivity contribution < 1.29 is 43.2 Å². The lowest BCUT2D eigenvalue weighted by molar-refractivity contribution is -0.154. The summed E-state index contributed by atoms with van der Waals surface area (Å²) in [6.45, 7) is 11.8. The second-order valence-corrected chi connectivity index (χ2v) is 12.6. The smallest absolute Gasteiger partial charge is 0.338 e. The highest BCUT2D eigenvalue weighted by Crippen LogP contribution is 2.68. The molecule has 1 aliphatic heterocycles. The molecule has 9 nitrogen and oxygen atoms in total. The fourth-order valence-corrected chi connectivity index (χ4v) is 7.64. The highest BCUT2D eigenvalue weighted by Gasteiger charge is 2.84. The van der Waals surface area contributed by atoms with Crippen LogP contribution in [0, 0.1) is 29.1 Å². The van der Waals surface area contributed by atoms with Gasteiger partial charge >= 0.3 is 17.9 Å². The number of ether oxygens (including phenoxy) is 4. The lowest BCUT2D eigenvalue weighted by Gasteiger charge is -2.28. The zero-order chi connectivity index (χ0) is 29.4. The lowest BCUT2D eigenvalue weighted by Crippen LogP contribution is -2.43. The minimum Gasteiger partial charge on any atom is -0.461 e. The predicted octanol–water partition coefficient (Wildman–Crippen LogP) is 3.42. The van der Waals surface area contributed by atoms with Gasteiger partial charge in [0.15, 0.2) is 17.0 Å². The fraction of sp³-hybridized carbons (Fsp3) is 0.613. The SMILES string of the molecule is CC(=O)O[C@@H]1[C@@H]2[C@H]([C@@H](OC(=O)c3ccccc3)[C@H](O)C(C)=C[C@@]34O[C@@]3(C[C@H](C)[C@@H]4OC(C)=O)C(=O)[C@@H]1C)C2(C)C. The number of benzene rings is 1. The van der Waals surface area contributed by atoms with E-state index in [1.165, 1.54) is 13.8 Å². The summed E-state index contributed by atoms with van der Waals surface area (Å²) in [5.41, 5.74) is -2.33. The molecular weight excluding hydrogens is 516 g/mol. The number of rotatable bonds is 4. The molecule has 1 aromatic carbocycles. The van der Waals surface area contributed by atoms with Crippen LogP contribution in [-0.4, -0.2) is 64.4 Å². The third kappa shape index (κ3) is 4.20. The van der Waals surface area contributed by atoms with Gasteiger partial charge in [-0.15, -0.1) is 0 Å². The summed E-state index contributed by atoms with van der Waals surface area (Å²) in [6, 6.07) is 8.51. The molecule has 3 fully saturated rings. The van der Waals surface area contributed by atoms with Gasteiger partial charge in [-0.1, -0.05) is 45.9 Å². The Hall–Kier alpha value is -3.04. The van der Waals surface area contributed by atoms with Crippen molar-refractivity contribution in [3.8, 4) is 0 Å². The maximum atomic E-state index is 14.3. The molecule has 0 radical (unpaired) electrons. The lowest BCUT2D eigenvalue weighted by atomic mass is 9.80. The van der Waals surface area contributed by atoms with Crippen LogP contribution in [0.5, 0.6) is 0 Å². The second-order valence-electron chi connectivity index (χ2n) is 12.6. The van der Waals surface area contributed by atoms with Crippen LogP contribution < -0.4 is 0 Å². The van der Waals surface area contributed by atoms with Crippen molar-refractivity contribution in [1.82, 2.24) is 0 Å². The van der Waals surface area contributed by atoms with Gasteiger partial charge in [0.1, 0.15) is 24.4 Å². The van der Waals surface area contributed by atoms with Crippen molar-refractivity contribution in [2.45, 2.75) is 90.5 Å². The molecule has 4 aliphatic rings. The van der Waals surface area contributed by atoms with Crippen molar-refractivity contribution in [3.05, 3.63) is 47.5 Å². The van der Waals surface area contributed by atoms with Crippen LogP contribution in [0.4, 0.5) is 0 Å². The Labute approximate surface area is 234 Å². The Morgan fingerprint density at radius 3 is 2.15 bits per heavy atom. The van der Waals surface area contributed by atoms with Gasteiger partial charge in [0.25, 0.3) is 0 Å². The number of fused-ring (bicyclic) bond motifs is 1. The van der Waals surface area contributed by atoms with E-state index in [0.29, 0.717) is 17.6 Å². The molecule has 1 N–H and O–H groups in total. The molecule has 0 bridgehead atoms. The number of aliphatic hydroxyl groups is 1. The van der Waals surface area contributed by atoms with Gasteiger partial charge in [0.05, 0.1) is 11.5 Å². The first kappa shape index (κ1) is 28.5. The first-order chi connectivity index (χ1) is 18.7. The van der Waals surface area contributed by atoms with Crippen LogP contribution in [0.15, 0.2) is 42.0 Å². The maximum Gasteiger partial charge on any atom is 0.338 e. The monoisotopic (exact) mass is 554 g/mol. The Bertz CT molecular complexity index is 1270. The highest BCUT2D eigenvalue weighted by atomic mass is 16.7. The van der Waals surface area contributed by atoms with E-state index in [1.807, 2.05) is 20.8 Å². The molecule has 0 spiro atoms. The van der Waals surface area contributed by atoms with E-state index in [2.05, 4.69) is 0 Å². The summed E-state index contributed by atoms with van der Waals surface area (Å²) in [7, 11) is 0. The Morgan fingerprint density at radius 1 is 0.950 bits per heavy atom. The number of ketones is 1. The van der Waals surface area contributed by atoms with Crippen LogP contribution in [0.25, 0.3) is 0 Å². The van der Waals surface area contributed by atoms with Crippen molar-refractivity contribution in [2.75, 3.05) is 0 Å². The van der Waals surface area contributed by atoms with E-state index in [9.17, 15) is 24.3 Å². The maximum absolute atomic E-state index is 14.3. The normalized spacial score (nSPS) is 41.2.